The van der Waals surface area contributed by atoms with Gasteiger partial charge in [-0.3, -0.25) is 4.90 Å². The van der Waals surface area contributed by atoms with Crippen LogP contribution in [-0.2, 0) is 0 Å². The molecule has 0 saturated carbocycles. The van der Waals surface area contributed by atoms with Crippen molar-refractivity contribution in [2.24, 2.45) is 0 Å². The summed E-state index contributed by atoms with van der Waals surface area (Å²) in [5.74, 6) is 1.77. The minimum atomic E-state index is 0.619. The smallest absolute Gasteiger partial charge is 0.119 e. The second-order valence-electron chi connectivity index (χ2n) is 5.59. The molecule has 0 aromatic heterocycles. The van der Waals surface area contributed by atoms with Gasteiger partial charge in [-0.15, -0.1) is 0 Å². The van der Waals surface area contributed by atoms with Crippen LogP contribution >= 0.6 is 0 Å². The van der Waals surface area contributed by atoms with E-state index in [1.54, 1.807) is 7.11 Å². The maximum atomic E-state index is 5.85. The number of rotatable bonds is 7. The van der Waals surface area contributed by atoms with Gasteiger partial charge >= 0.3 is 0 Å². The van der Waals surface area contributed by atoms with Crippen LogP contribution in [0.25, 0.3) is 0 Å². The van der Waals surface area contributed by atoms with Crippen molar-refractivity contribution in [3.63, 3.8) is 0 Å². The molecule has 0 radical (unpaired) electrons. The molecule has 1 aliphatic heterocycles. The van der Waals surface area contributed by atoms with E-state index in [0.717, 1.165) is 37.7 Å². The minimum absolute atomic E-state index is 0.619. The average molecular weight is 292 g/mol. The monoisotopic (exact) mass is 292 g/mol. The summed E-state index contributed by atoms with van der Waals surface area (Å²) in [4.78, 5) is 2.56. The van der Waals surface area contributed by atoms with Crippen LogP contribution in [0.2, 0.25) is 0 Å². The Kier molecular flexibility index (Phi) is 6.33. The van der Waals surface area contributed by atoms with Crippen LogP contribution in [0.5, 0.6) is 11.5 Å². The molecule has 2 unspecified atom stereocenters. The van der Waals surface area contributed by atoms with Gasteiger partial charge in [-0.1, -0.05) is 13.8 Å². The minimum Gasteiger partial charge on any atom is -0.497 e. The second-order valence-corrected chi connectivity index (χ2v) is 5.59. The van der Waals surface area contributed by atoms with Gasteiger partial charge in [0.25, 0.3) is 0 Å². The molecule has 1 fully saturated rings. The van der Waals surface area contributed by atoms with E-state index in [1.165, 1.54) is 12.8 Å². The zero-order valence-electron chi connectivity index (χ0n) is 13.5. The number of nitrogens with one attached hydrogen (secondary N) is 1. The molecular formula is C17H28N2O2. The van der Waals surface area contributed by atoms with Crippen molar-refractivity contribution >= 4 is 0 Å². The molecule has 0 aliphatic carbocycles. The lowest BCUT2D eigenvalue weighted by Crippen LogP contribution is -2.56. The van der Waals surface area contributed by atoms with E-state index >= 15 is 0 Å². The summed E-state index contributed by atoms with van der Waals surface area (Å²) in [5.41, 5.74) is 0. The fourth-order valence-electron chi connectivity index (χ4n) is 2.83. The maximum absolute atomic E-state index is 5.85. The highest BCUT2D eigenvalue weighted by molar-refractivity contribution is 5.31. The molecule has 118 valence electrons. The molecule has 1 aromatic carbocycles. The Morgan fingerprint density at radius 1 is 1.14 bits per heavy atom. The third kappa shape index (κ3) is 4.61. The highest BCUT2D eigenvalue weighted by Gasteiger charge is 2.25. The molecule has 21 heavy (non-hydrogen) atoms. The summed E-state index contributed by atoms with van der Waals surface area (Å²) in [5, 5.41) is 3.62. The standard InChI is InChI=1S/C17H28N2O2/c1-4-14-13-19(15(5-2)12-18-14)10-11-21-17-8-6-16(20-3)7-9-17/h6-9,14-15,18H,4-5,10-13H2,1-3H3. The van der Waals surface area contributed by atoms with E-state index in [1.807, 2.05) is 24.3 Å². The third-order valence-electron chi connectivity index (χ3n) is 4.28. The van der Waals surface area contributed by atoms with Crippen LogP contribution in [-0.4, -0.2) is 50.3 Å². The first-order valence-corrected chi connectivity index (χ1v) is 8.01. The van der Waals surface area contributed by atoms with E-state index < -0.39 is 0 Å². The Balaban J connectivity index is 1.79. The van der Waals surface area contributed by atoms with E-state index in [-0.39, 0.29) is 0 Å². The normalized spacial score (nSPS) is 23.0. The fourth-order valence-corrected chi connectivity index (χ4v) is 2.83. The lowest BCUT2D eigenvalue weighted by molar-refractivity contribution is 0.105. The number of piperazine rings is 1. The largest absolute Gasteiger partial charge is 0.497 e. The van der Waals surface area contributed by atoms with Crippen LogP contribution in [0.3, 0.4) is 0 Å². The van der Waals surface area contributed by atoms with Crippen molar-refractivity contribution in [2.75, 3.05) is 33.4 Å². The van der Waals surface area contributed by atoms with Gasteiger partial charge in [0.15, 0.2) is 0 Å². The lowest BCUT2D eigenvalue weighted by Gasteiger charge is -2.39. The molecule has 0 amide bonds. The number of hydrogen-bond donors (Lipinski definition) is 1. The first kappa shape index (κ1) is 16.1. The van der Waals surface area contributed by atoms with Gasteiger partial charge in [0.1, 0.15) is 18.1 Å². The lowest BCUT2D eigenvalue weighted by atomic mass is 10.1. The molecule has 4 nitrogen and oxygen atoms in total. The molecule has 4 heteroatoms. The number of benzene rings is 1. The molecule has 1 aromatic rings. The molecule has 1 aliphatic rings. The van der Waals surface area contributed by atoms with Gasteiger partial charge in [0.05, 0.1) is 7.11 Å². The Bertz CT molecular complexity index is 408. The summed E-state index contributed by atoms with van der Waals surface area (Å²) in [6.45, 7) is 8.45. The Hall–Kier alpha value is -1.26. The average Bonchev–Trinajstić information content (AvgIpc) is 2.55. The Labute approximate surface area is 128 Å². The first-order valence-electron chi connectivity index (χ1n) is 8.01. The highest BCUT2D eigenvalue weighted by Crippen LogP contribution is 2.17. The van der Waals surface area contributed by atoms with Crippen molar-refractivity contribution in [3.8, 4) is 11.5 Å². The van der Waals surface area contributed by atoms with E-state index in [0.29, 0.717) is 12.1 Å². The molecule has 2 atom stereocenters. The Morgan fingerprint density at radius 2 is 1.86 bits per heavy atom. The summed E-state index contributed by atoms with van der Waals surface area (Å²) >= 11 is 0. The van der Waals surface area contributed by atoms with Crippen LogP contribution < -0.4 is 14.8 Å². The summed E-state index contributed by atoms with van der Waals surface area (Å²) in [6, 6.07) is 9.04. The predicted molar refractivity (Wildman–Crippen MR) is 86.2 cm³/mol. The Morgan fingerprint density at radius 3 is 2.48 bits per heavy atom. The summed E-state index contributed by atoms with van der Waals surface area (Å²) < 4.78 is 11.0. The SMILES string of the molecule is CCC1CN(CCOc2ccc(OC)cc2)C(CC)CN1. The fraction of sp³-hybridized carbons (Fsp3) is 0.647. The first-order chi connectivity index (χ1) is 10.3. The molecule has 1 saturated heterocycles. The van der Waals surface area contributed by atoms with Crippen molar-refractivity contribution in [1.82, 2.24) is 10.2 Å². The maximum Gasteiger partial charge on any atom is 0.119 e. The topological polar surface area (TPSA) is 33.7 Å². The van der Waals surface area contributed by atoms with Crippen molar-refractivity contribution in [3.05, 3.63) is 24.3 Å². The quantitative estimate of drug-likeness (QED) is 0.837. The molecule has 0 spiro atoms. The van der Waals surface area contributed by atoms with Crippen LogP contribution in [0.4, 0.5) is 0 Å². The van der Waals surface area contributed by atoms with Gasteiger partial charge in [0, 0.05) is 31.7 Å². The van der Waals surface area contributed by atoms with Crippen LogP contribution in [0.15, 0.2) is 24.3 Å². The molecule has 1 heterocycles. The van der Waals surface area contributed by atoms with Crippen molar-refractivity contribution in [2.45, 2.75) is 38.8 Å². The third-order valence-corrected chi connectivity index (χ3v) is 4.28. The van der Waals surface area contributed by atoms with E-state index in [4.69, 9.17) is 9.47 Å². The number of methoxy groups -OCH3 is 1. The van der Waals surface area contributed by atoms with E-state index in [2.05, 4.69) is 24.1 Å². The summed E-state index contributed by atoms with van der Waals surface area (Å²) in [7, 11) is 1.68. The predicted octanol–water partition coefficient (Wildman–Crippen LogP) is 2.54. The molecule has 1 N–H and O–H groups in total. The van der Waals surface area contributed by atoms with Crippen molar-refractivity contribution in [1.29, 1.82) is 0 Å². The number of nitrogens with zero attached hydrogens (tertiary/aromatic N) is 1. The van der Waals surface area contributed by atoms with Gasteiger partial charge in [-0.25, -0.2) is 0 Å². The van der Waals surface area contributed by atoms with Gasteiger partial charge in [-0.2, -0.15) is 0 Å². The number of ether oxygens (including phenoxy) is 2. The zero-order valence-corrected chi connectivity index (χ0v) is 13.5. The van der Waals surface area contributed by atoms with Gasteiger partial charge in [0.2, 0.25) is 0 Å². The van der Waals surface area contributed by atoms with Crippen LogP contribution in [0, 0.1) is 0 Å². The van der Waals surface area contributed by atoms with Gasteiger partial charge in [-0.05, 0) is 37.1 Å². The second kappa shape index (κ2) is 8.25. The summed E-state index contributed by atoms with van der Waals surface area (Å²) in [6.07, 6.45) is 2.37. The molecule has 2 rings (SSSR count). The molecule has 0 bridgehead atoms. The van der Waals surface area contributed by atoms with Crippen LogP contribution in [0.1, 0.15) is 26.7 Å². The number of hydrogen-bond acceptors (Lipinski definition) is 4. The highest BCUT2D eigenvalue weighted by atomic mass is 16.5. The van der Waals surface area contributed by atoms with Gasteiger partial charge < -0.3 is 14.8 Å². The zero-order chi connectivity index (χ0) is 15.1. The van der Waals surface area contributed by atoms with Crippen molar-refractivity contribution < 1.29 is 9.47 Å². The van der Waals surface area contributed by atoms with E-state index in [9.17, 15) is 0 Å². The molecular weight excluding hydrogens is 264 g/mol.